The first-order valence-corrected chi connectivity index (χ1v) is 8.79. The van der Waals surface area contributed by atoms with Crippen LogP contribution in [0.4, 0.5) is 4.79 Å². The number of carbonyl (C=O) groups is 1. The molecule has 2 amide bonds. The highest BCUT2D eigenvalue weighted by Crippen LogP contribution is 2.34. The quantitative estimate of drug-likeness (QED) is 0.926. The summed E-state index contributed by atoms with van der Waals surface area (Å²) in [7, 11) is 0. The van der Waals surface area contributed by atoms with Crippen molar-refractivity contribution in [2.45, 2.75) is 57.4 Å². The molecule has 3 rings (SSSR count). The lowest BCUT2D eigenvalue weighted by atomic mass is 9.83. The molecular weight excluding hydrogens is 274 g/mol. The van der Waals surface area contributed by atoms with E-state index in [1.54, 1.807) is 6.20 Å². The van der Waals surface area contributed by atoms with Gasteiger partial charge in [0.2, 0.25) is 0 Å². The van der Waals surface area contributed by atoms with Crippen LogP contribution in [-0.4, -0.2) is 35.0 Å². The van der Waals surface area contributed by atoms with Crippen LogP contribution >= 0.6 is 0 Å². The maximum absolute atomic E-state index is 12.5. The van der Waals surface area contributed by atoms with Crippen LogP contribution < -0.4 is 5.32 Å². The normalized spacial score (nSPS) is 22.7. The van der Waals surface area contributed by atoms with Crippen LogP contribution in [0.2, 0.25) is 0 Å². The molecule has 0 bridgehead atoms. The van der Waals surface area contributed by atoms with Crippen LogP contribution in [0.3, 0.4) is 0 Å². The number of amides is 2. The van der Waals surface area contributed by atoms with E-state index in [4.69, 9.17) is 0 Å². The van der Waals surface area contributed by atoms with Gasteiger partial charge in [-0.05, 0) is 43.7 Å². The number of hydrogen-bond acceptors (Lipinski definition) is 2. The van der Waals surface area contributed by atoms with Gasteiger partial charge >= 0.3 is 6.03 Å². The molecule has 2 aliphatic rings. The second-order valence-electron chi connectivity index (χ2n) is 6.60. The molecule has 4 nitrogen and oxygen atoms in total. The summed E-state index contributed by atoms with van der Waals surface area (Å²) in [5, 5.41) is 3.09. The van der Waals surface area contributed by atoms with E-state index in [-0.39, 0.29) is 6.03 Å². The van der Waals surface area contributed by atoms with Crippen LogP contribution in [0.15, 0.2) is 24.4 Å². The summed E-state index contributed by atoms with van der Waals surface area (Å²) in [6, 6.07) is 6.52. The minimum atomic E-state index is 0.129. The van der Waals surface area contributed by atoms with Crippen molar-refractivity contribution in [3.05, 3.63) is 30.1 Å². The Balaban J connectivity index is 1.48. The molecule has 1 unspecified atom stereocenters. The summed E-state index contributed by atoms with van der Waals surface area (Å²) in [5.41, 5.74) is 1.04. The highest BCUT2D eigenvalue weighted by Gasteiger charge is 2.34. The number of pyridine rings is 1. The largest absolute Gasteiger partial charge is 0.338 e. The average Bonchev–Trinajstić information content (AvgIpc) is 3.06. The Labute approximate surface area is 133 Å². The van der Waals surface area contributed by atoms with E-state index < -0.39 is 0 Å². The zero-order valence-electron chi connectivity index (χ0n) is 13.3. The van der Waals surface area contributed by atoms with Gasteiger partial charge in [-0.2, -0.15) is 0 Å². The van der Waals surface area contributed by atoms with Crippen LogP contribution in [0.25, 0.3) is 0 Å². The Hall–Kier alpha value is -1.58. The van der Waals surface area contributed by atoms with Gasteiger partial charge in [-0.25, -0.2) is 4.79 Å². The molecule has 1 aliphatic heterocycles. The zero-order chi connectivity index (χ0) is 15.2. The fourth-order valence-electron chi connectivity index (χ4n) is 4.00. The van der Waals surface area contributed by atoms with Gasteiger partial charge in [0, 0.05) is 37.4 Å². The average molecular weight is 301 g/mol. The number of nitrogens with zero attached hydrogens (tertiary/aromatic N) is 2. The SMILES string of the molecule is O=C(NCCc1ccccn1)N1CCCC1C1CCCCC1. The van der Waals surface area contributed by atoms with Crippen molar-refractivity contribution in [3.8, 4) is 0 Å². The molecule has 0 radical (unpaired) electrons. The van der Waals surface area contributed by atoms with Crippen LogP contribution in [0.5, 0.6) is 0 Å². The Morgan fingerprint density at radius 3 is 2.82 bits per heavy atom. The van der Waals surface area contributed by atoms with Crippen LogP contribution in [-0.2, 0) is 6.42 Å². The fourth-order valence-corrected chi connectivity index (χ4v) is 4.00. The van der Waals surface area contributed by atoms with Crippen molar-refractivity contribution in [1.82, 2.24) is 15.2 Å². The van der Waals surface area contributed by atoms with E-state index >= 15 is 0 Å². The third-order valence-corrected chi connectivity index (χ3v) is 5.14. The number of rotatable bonds is 4. The molecule has 22 heavy (non-hydrogen) atoms. The van der Waals surface area contributed by atoms with Crippen LogP contribution in [0.1, 0.15) is 50.6 Å². The van der Waals surface area contributed by atoms with Crippen LogP contribution in [0, 0.1) is 5.92 Å². The van der Waals surface area contributed by atoms with E-state index in [1.165, 1.54) is 38.5 Å². The summed E-state index contributed by atoms with van der Waals surface area (Å²) in [6.07, 6.45) is 11.6. The predicted octanol–water partition coefficient (Wildman–Crippen LogP) is 3.38. The number of nitrogens with one attached hydrogen (secondary N) is 1. The molecule has 1 atom stereocenters. The number of likely N-dealkylation sites (tertiary alicyclic amines) is 1. The van der Waals surface area contributed by atoms with E-state index in [0.29, 0.717) is 12.6 Å². The Morgan fingerprint density at radius 1 is 1.18 bits per heavy atom. The minimum absolute atomic E-state index is 0.129. The molecule has 0 aromatic carbocycles. The first kappa shape index (κ1) is 15.3. The molecular formula is C18H27N3O. The van der Waals surface area contributed by atoms with Crippen molar-refractivity contribution in [3.63, 3.8) is 0 Å². The summed E-state index contributed by atoms with van der Waals surface area (Å²) in [6.45, 7) is 1.60. The maximum atomic E-state index is 12.5. The lowest BCUT2D eigenvalue weighted by molar-refractivity contribution is 0.156. The van der Waals surface area contributed by atoms with Gasteiger partial charge in [-0.3, -0.25) is 4.98 Å². The summed E-state index contributed by atoms with van der Waals surface area (Å²) >= 11 is 0. The predicted molar refractivity (Wildman–Crippen MR) is 87.6 cm³/mol. The number of hydrogen-bond donors (Lipinski definition) is 1. The standard InChI is InChI=1S/C18H27N3O/c22-18(20-13-11-16-9-4-5-12-19-16)21-14-6-10-17(21)15-7-2-1-3-8-15/h4-5,9,12,15,17H,1-3,6-8,10-11,13-14H2,(H,20,22). The highest BCUT2D eigenvalue weighted by molar-refractivity contribution is 5.74. The minimum Gasteiger partial charge on any atom is -0.338 e. The lowest BCUT2D eigenvalue weighted by Gasteiger charge is -2.34. The van der Waals surface area contributed by atoms with E-state index in [2.05, 4.69) is 15.2 Å². The molecule has 1 aromatic heterocycles. The van der Waals surface area contributed by atoms with Crippen molar-refractivity contribution in [1.29, 1.82) is 0 Å². The highest BCUT2D eigenvalue weighted by atomic mass is 16.2. The van der Waals surface area contributed by atoms with E-state index in [0.717, 1.165) is 31.0 Å². The lowest BCUT2D eigenvalue weighted by Crippen LogP contribution is -2.46. The third kappa shape index (κ3) is 3.79. The number of urea groups is 1. The smallest absolute Gasteiger partial charge is 0.317 e. The topological polar surface area (TPSA) is 45.2 Å². The zero-order valence-corrected chi connectivity index (χ0v) is 13.3. The van der Waals surface area contributed by atoms with Gasteiger partial charge in [0.05, 0.1) is 0 Å². The second kappa shape index (κ2) is 7.61. The van der Waals surface area contributed by atoms with Gasteiger partial charge < -0.3 is 10.2 Å². The van der Waals surface area contributed by atoms with Gasteiger partial charge in [0.25, 0.3) is 0 Å². The molecule has 1 N–H and O–H groups in total. The number of carbonyl (C=O) groups excluding carboxylic acids is 1. The Morgan fingerprint density at radius 2 is 2.05 bits per heavy atom. The summed E-state index contributed by atoms with van der Waals surface area (Å²) in [4.78, 5) is 18.9. The number of aromatic nitrogens is 1. The van der Waals surface area contributed by atoms with Gasteiger partial charge in [-0.1, -0.05) is 25.3 Å². The second-order valence-corrected chi connectivity index (χ2v) is 6.60. The Bertz CT molecular complexity index is 470. The fraction of sp³-hybridized carbons (Fsp3) is 0.667. The van der Waals surface area contributed by atoms with E-state index in [1.807, 2.05) is 18.2 Å². The van der Waals surface area contributed by atoms with Gasteiger partial charge in [0.1, 0.15) is 0 Å². The molecule has 4 heteroatoms. The van der Waals surface area contributed by atoms with Crippen molar-refractivity contribution in [2.75, 3.05) is 13.1 Å². The molecule has 2 fully saturated rings. The molecule has 1 saturated carbocycles. The van der Waals surface area contributed by atoms with Crippen molar-refractivity contribution in [2.24, 2.45) is 5.92 Å². The van der Waals surface area contributed by atoms with Crippen molar-refractivity contribution < 1.29 is 4.79 Å². The van der Waals surface area contributed by atoms with Crippen molar-refractivity contribution >= 4 is 6.03 Å². The third-order valence-electron chi connectivity index (χ3n) is 5.14. The first-order valence-electron chi connectivity index (χ1n) is 8.79. The van der Waals surface area contributed by atoms with Gasteiger partial charge in [-0.15, -0.1) is 0 Å². The molecule has 120 valence electrons. The molecule has 1 aliphatic carbocycles. The van der Waals surface area contributed by atoms with Gasteiger partial charge in [0.15, 0.2) is 0 Å². The molecule has 2 heterocycles. The Kier molecular flexibility index (Phi) is 5.30. The summed E-state index contributed by atoms with van der Waals surface area (Å²) in [5.74, 6) is 0.734. The monoisotopic (exact) mass is 301 g/mol. The maximum Gasteiger partial charge on any atom is 0.317 e. The first-order chi connectivity index (χ1) is 10.8. The van der Waals surface area contributed by atoms with E-state index in [9.17, 15) is 4.79 Å². The molecule has 1 aromatic rings. The molecule has 1 saturated heterocycles. The summed E-state index contributed by atoms with van der Waals surface area (Å²) < 4.78 is 0. The molecule has 0 spiro atoms.